The maximum Gasteiger partial charge on any atom is 0.198 e. The summed E-state index contributed by atoms with van der Waals surface area (Å²) in [7, 11) is 1.66. The number of nitrogens with zero attached hydrogens (tertiary/aromatic N) is 1. The van der Waals surface area contributed by atoms with Gasteiger partial charge in [0.25, 0.3) is 0 Å². The lowest BCUT2D eigenvalue weighted by Crippen LogP contribution is -2.55. The van der Waals surface area contributed by atoms with Crippen LogP contribution in [0.2, 0.25) is 0 Å². The number of methoxy groups -OCH3 is 1. The molecule has 0 saturated heterocycles. The van der Waals surface area contributed by atoms with Crippen LogP contribution in [0.3, 0.4) is 0 Å². The van der Waals surface area contributed by atoms with Gasteiger partial charge in [0.1, 0.15) is 5.52 Å². The van der Waals surface area contributed by atoms with Gasteiger partial charge in [-0.15, -0.1) is 0 Å². The third kappa shape index (κ3) is 2.34. The zero-order valence-corrected chi connectivity index (χ0v) is 13.9. The molecule has 2 aliphatic carbocycles. The van der Waals surface area contributed by atoms with E-state index in [1.807, 2.05) is 6.07 Å². The van der Waals surface area contributed by atoms with Crippen molar-refractivity contribution in [3.05, 3.63) is 23.6 Å². The smallest absolute Gasteiger partial charge is 0.198 e. The molecule has 0 amide bonds. The molecule has 0 aliphatic heterocycles. The van der Waals surface area contributed by atoms with Crippen LogP contribution < -0.4 is 10.1 Å². The zero-order valence-electron chi connectivity index (χ0n) is 13.9. The molecule has 4 rings (SSSR count). The number of fused-ring (bicyclic) bond motifs is 1. The van der Waals surface area contributed by atoms with Gasteiger partial charge >= 0.3 is 0 Å². The molecule has 2 atom stereocenters. The molecule has 1 aromatic carbocycles. The van der Waals surface area contributed by atoms with Crippen molar-refractivity contribution in [2.75, 3.05) is 7.11 Å². The minimum atomic E-state index is -0.110. The van der Waals surface area contributed by atoms with Crippen molar-refractivity contribution in [2.45, 2.75) is 57.7 Å². The summed E-state index contributed by atoms with van der Waals surface area (Å²) in [6, 6.07) is 4.51. The van der Waals surface area contributed by atoms with Gasteiger partial charge in [-0.05, 0) is 37.0 Å². The van der Waals surface area contributed by atoms with Crippen molar-refractivity contribution in [3.8, 4) is 5.75 Å². The topological polar surface area (TPSA) is 67.5 Å². The average Bonchev–Trinajstić information content (AvgIpc) is 3.27. The number of nitrogens with one attached hydrogen (secondary N) is 1. The fourth-order valence-corrected chi connectivity index (χ4v) is 3.69. The van der Waals surface area contributed by atoms with Crippen LogP contribution in [-0.2, 0) is 6.54 Å². The normalized spacial score (nSPS) is 25.1. The maximum absolute atomic E-state index is 9.90. The van der Waals surface area contributed by atoms with Crippen LogP contribution >= 0.6 is 0 Å². The third-order valence-corrected chi connectivity index (χ3v) is 5.44. The van der Waals surface area contributed by atoms with E-state index in [-0.39, 0.29) is 17.4 Å². The Balaban J connectivity index is 1.55. The van der Waals surface area contributed by atoms with Crippen molar-refractivity contribution in [1.82, 2.24) is 10.3 Å². The number of aliphatic hydroxyl groups excluding tert-OH is 1. The first kappa shape index (κ1) is 15.0. The first-order valence-corrected chi connectivity index (χ1v) is 8.42. The van der Waals surface area contributed by atoms with Gasteiger partial charge in [-0.1, -0.05) is 13.8 Å². The van der Waals surface area contributed by atoms with E-state index >= 15 is 0 Å². The van der Waals surface area contributed by atoms with E-state index in [1.165, 1.54) is 0 Å². The molecule has 1 spiro atoms. The summed E-state index contributed by atoms with van der Waals surface area (Å²) in [4.78, 5) is 4.58. The van der Waals surface area contributed by atoms with Crippen LogP contribution in [0.1, 0.15) is 50.5 Å². The van der Waals surface area contributed by atoms with Crippen LogP contribution in [0.25, 0.3) is 11.1 Å². The second-order valence-electron chi connectivity index (χ2n) is 7.27. The second-order valence-corrected chi connectivity index (χ2v) is 7.27. The van der Waals surface area contributed by atoms with Gasteiger partial charge in [0.05, 0.1) is 13.2 Å². The van der Waals surface area contributed by atoms with Gasteiger partial charge in [0, 0.05) is 23.9 Å². The van der Waals surface area contributed by atoms with Crippen molar-refractivity contribution in [1.29, 1.82) is 0 Å². The quantitative estimate of drug-likeness (QED) is 0.887. The Bertz CT molecular complexity index is 733. The SMILES string of the molecule is COc1cc(CN[C@H]2C[C@@H](O)C23CC3)cc2nc(C(C)C)oc12. The predicted molar refractivity (Wildman–Crippen MR) is 87.6 cm³/mol. The van der Waals surface area contributed by atoms with Crippen LogP contribution in [0.15, 0.2) is 16.5 Å². The molecular weight excluding hydrogens is 292 g/mol. The van der Waals surface area contributed by atoms with Crippen LogP contribution in [0, 0.1) is 5.41 Å². The van der Waals surface area contributed by atoms with Gasteiger partial charge in [-0.3, -0.25) is 0 Å². The fourth-order valence-electron chi connectivity index (χ4n) is 3.69. The molecule has 0 unspecified atom stereocenters. The summed E-state index contributed by atoms with van der Waals surface area (Å²) >= 11 is 0. The highest BCUT2D eigenvalue weighted by Crippen LogP contribution is 2.60. The molecule has 2 fully saturated rings. The molecule has 0 bridgehead atoms. The first-order chi connectivity index (χ1) is 11.0. The number of aromatic nitrogens is 1. The van der Waals surface area contributed by atoms with Crippen LogP contribution in [0.4, 0.5) is 0 Å². The van der Waals surface area contributed by atoms with Crippen molar-refractivity contribution in [3.63, 3.8) is 0 Å². The van der Waals surface area contributed by atoms with Crippen molar-refractivity contribution in [2.24, 2.45) is 5.41 Å². The fraction of sp³-hybridized carbons (Fsp3) is 0.611. The number of rotatable bonds is 5. The number of ether oxygens (including phenoxy) is 1. The zero-order chi connectivity index (χ0) is 16.2. The summed E-state index contributed by atoms with van der Waals surface area (Å²) in [5, 5.41) is 13.5. The Kier molecular flexibility index (Phi) is 3.39. The van der Waals surface area contributed by atoms with E-state index in [0.717, 1.165) is 54.1 Å². The number of aliphatic hydroxyl groups is 1. The minimum Gasteiger partial charge on any atom is -0.493 e. The third-order valence-electron chi connectivity index (χ3n) is 5.44. The van der Waals surface area contributed by atoms with Gasteiger partial charge < -0.3 is 19.6 Å². The first-order valence-electron chi connectivity index (χ1n) is 8.42. The highest BCUT2D eigenvalue weighted by molar-refractivity contribution is 5.80. The Morgan fingerprint density at radius 2 is 2.22 bits per heavy atom. The van der Waals surface area contributed by atoms with Crippen molar-refractivity contribution >= 4 is 11.1 Å². The number of benzene rings is 1. The number of hydrogen-bond acceptors (Lipinski definition) is 5. The molecule has 23 heavy (non-hydrogen) atoms. The standard InChI is InChI=1S/C18H24N2O3/c1-10(2)17-20-12-6-11(7-13(22-3)16(12)23-17)9-19-14-8-15(21)18(14)4-5-18/h6-7,10,14-15,19,21H,4-5,8-9H2,1-3H3/t14-,15+/m0/s1. The highest BCUT2D eigenvalue weighted by Gasteiger charge is 2.62. The molecule has 1 heterocycles. The van der Waals surface area contributed by atoms with Crippen LogP contribution in [0.5, 0.6) is 5.75 Å². The molecule has 2 aliphatic rings. The Morgan fingerprint density at radius 3 is 2.83 bits per heavy atom. The largest absolute Gasteiger partial charge is 0.493 e. The Labute approximate surface area is 136 Å². The molecule has 5 heteroatoms. The molecule has 5 nitrogen and oxygen atoms in total. The van der Waals surface area contributed by atoms with Gasteiger partial charge in [-0.25, -0.2) is 4.98 Å². The molecule has 2 aromatic rings. The summed E-state index contributed by atoms with van der Waals surface area (Å²) in [6.45, 7) is 4.89. The lowest BCUT2D eigenvalue weighted by molar-refractivity contribution is -0.0295. The summed E-state index contributed by atoms with van der Waals surface area (Å²) in [6.07, 6.45) is 3.05. The molecule has 2 N–H and O–H groups in total. The van der Waals surface area contributed by atoms with Crippen LogP contribution in [-0.4, -0.2) is 29.3 Å². The molecule has 1 aromatic heterocycles. The van der Waals surface area contributed by atoms with Crippen molar-refractivity contribution < 1.29 is 14.3 Å². The molecule has 0 radical (unpaired) electrons. The number of oxazole rings is 1. The monoisotopic (exact) mass is 316 g/mol. The van der Waals surface area contributed by atoms with E-state index < -0.39 is 0 Å². The lowest BCUT2D eigenvalue weighted by Gasteiger charge is -2.43. The minimum absolute atomic E-state index is 0.110. The predicted octanol–water partition coefficient (Wildman–Crippen LogP) is 2.96. The van der Waals surface area contributed by atoms with E-state index in [9.17, 15) is 5.11 Å². The summed E-state index contributed by atoms with van der Waals surface area (Å²) in [5.74, 6) is 1.72. The Hall–Kier alpha value is -1.59. The van der Waals surface area contributed by atoms with E-state index in [1.54, 1.807) is 7.11 Å². The van der Waals surface area contributed by atoms with Gasteiger partial charge in [-0.2, -0.15) is 0 Å². The number of hydrogen-bond donors (Lipinski definition) is 2. The molecule has 124 valence electrons. The summed E-state index contributed by atoms with van der Waals surface area (Å²) in [5.41, 5.74) is 2.87. The van der Waals surface area contributed by atoms with Gasteiger partial charge in [0.2, 0.25) is 0 Å². The highest BCUT2D eigenvalue weighted by atomic mass is 16.5. The van der Waals surface area contributed by atoms with E-state index in [2.05, 4.69) is 30.2 Å². The van der Waals surface area contributed by atoms with Gasteiger partial charge in [0.15, 0.2) is 17.2 Å². The van der Waals surface area contributed by atoms with E-state index in [0.29, 0.717) is 6.04 Å². The second kappa shape index (κ2) is 5.21. The van der Waals surface area contributed by atoms with E-state index in [4.69, 9.17) is 9.15 Å². The summed E-state index contributed by atoms with van der Waals surface area (Å²) < 4.78 is 11.3. The molecule has 2 saturated carbocycles. The lowest BCUT2D eigenvalue weighted by atomic mass is 9.73. The Morgan fingerprint density at radius 1 is 1.43 bits per heavy atom. The average molecular weight is 316 g/mol. The maximum atomic E-state index is 9.90. The molecular formula is C18H24N2O3.